The van der Waals surface area contributed by atoms with Gasteiger partial charge >= 0.3 is 12.0 Å². The Bertz CT molecular complexity index is 1070. The first-order chi connectivity index (χ1) is 14.5. The Kier molecular flexibility index (Phi) is 5.33. The molecule has 2 heterocycles. The monoisotopic (exact) mass is 427 g/mol. The molecule has 4 rings (SSSR count). The maximum absolute atomic E-state index is 12.8. The van der Waals surface area contributed by atoms with E-state index in [1.54, 1.807) is 48.5 Å². The van der Waals surface area contributed by atoms with E-state index >= 15 is 0 Å². The zero-order valence-electron chi connectivity index (χ0n) is 16.0. The molecule has 0 fully saturated rings. The first kappa shape index (κ1) is 19.8. The topological polar surface area (TPSA) is 97.0 Å². The molecule has 0 saturated heterocycles. The van der Waals surface area contributed by atoms with Gasteiger partial charge in [-0.2, -0.15) is 0 Å². The van der Waals surface area contributed by atoms with Crippen molar-refractivity contribution in [2.24, 2.45) is 0 Å². The number of hydrogen-bond acceptors (Lipinski definition) is 5. The third-order valence-corrected chi connectivity index (χ3v) is 5.21. The molecule has 30 heavy (non-hydrogen) atoms. The maximum Gasteiger partial charge on any atom is 0.338 e. The zero-order valence-corrected chi connectivity index (χ0v) is 16.7. The van der Waals surface area contributed by atoms with Crippen molar-refractivity contribution in [2.45, 2.75) is 6.04 Å². The molecule has 3 amide bonds. The number of carbonyl (C=O) groups is 3. The summed E-state index contributed by atoms with van der Waals surface area (Å²) in [4.78, 5) is 39.0. The number of nitrogens with zero attached hydrogens (tertiary/aromatic N) is 1. The quantitative estimate of drug-likeness (QED) is 0.715. The predicted molar refractivity (Wildman–Crippen MR) is 109 cm³/mol. The molecule has 0 saturated carbocycles. The van der Waals surface area contributed by atoms with Crippen LogP contribution in [0.5, 0.6) is 5.75 Å². The second kappa shape index (κ2) is 8.08. The molecule has 0 bridgehead atoms. The van der Waals surface area contributed by atoms with E-state index in [1.165, 1.54) is 12.0 Å². The first-order valence-corrected chi connectivity index (χ1v) is 9.52. The van der Waals surface area contributed by atoms with Crippen molar-refractivity contribution in [3.63, 3.8) is 0 Å². The Labute approximate surface area is 177 Å². The zero-order chi connectivity index (χ0) is 21.3. The molecule has 0 radical (unpaired) electrons. The van der Waals surface area contributed by atoms with Gasteiger partial charge in [-0.3, -0.25) is 9.69 Å². The number of amides is 3. The van der Waals surface area contributed by atoms with Crippen LogP contribution in [-0.4, -0.2) is 43.1 Å². The van der Waals surface area contributed by atoms with E-state index in [4.69, 9.17) is 21.1 Å². The molecule has 2 aliphatic heterocycles. The van der Waals surface area contributed by atoms with Crippen LogP contribution < -0.4 is 15.4 Å². The molecule has 2 aliphatic rings. The summed E-state index contributed by atoms with van der Waals surface area (Å²) in [6, 6.07) is 12.5. The maximum atomic E-state index is 12.8. The average molecular weight is 428 g/mol. The van der Waals surface area contributed by atoms with Gasteiger partial charge in [0.15, 0.2) is 0 Å². The van der Waals surface area contributed by atoms with Gasteiger partial charge in [-0.05, 0) is 23.8 Å². The lowest BCUT2D eigenvalue weighted by Crippen LogP contribution is -2.49. The Balaban J connectivity index is 1.59. The van der Waals surface area contributed by atoms with Crippen LogP contribution in [0.2, 0.25) is 5.02 Å². The molecular formula is C21H18ClN3O5. The molecule has 154 valence electrons. The van der Waals surface area contributed by atoms with E-state index in [2.05, 4.69) is 10.6 Å². The number of cyclic esters (lactones) is 1. The summed E-state index contributed by atoms with van der Waals surface area (Å²) < 4.78 is 10.3. The van der Waals surface area contributed by atoms with Crippen LogP contribution in [0.15, 0.2) is 59.8 Å². The Morgan fingerprint density at radius 3 is 2.83 bits per heavy atom. The lowest BCUT2D eigenvalue weighted by Gasteiger charge is -2.32. The number of hydrogen-bond donors (Lipinski definition) is 2. The number of ether oxygens (including phenoxy) is 2. The number of benzene rings is 2. The largest absolute Gasteiger partial charge is 0.497 e. The van der Waals surface area contributed by atoms with Crippen molar-refractivity contribution < 1.29 is 23.9 Å². The Morgan fingerprint density at radius 1 is 1.27 bits per heavy atom. The van der Waals surface area contributed by atoms with Crippen molar-refractivity contribution >= 4 is 35.2 Å². The van der Waals surface area contributed by atoms with E-state index < -0.39 is 23.9 Å². The first-order valence-electron chi connectivity index (χ1n) is 9.14. The van der Waals surface area contributed by atoms with Gasteiger partial charge in [0.25, 0.3) is 0 Å². The molecule has 2 aromatic rings. The van der Waals surface area contributed by atoms with Crippen LogP contribution in [0.3, 0.4) is 0 Å². The minimum Gasteiger partial charge on any atom is -0.497 e. The fourth-order valence-electron chi connectivity index (χ4n) is 3.47. The van der Waals surface area contributed by atoms with Crippen LogP contribution in [-0.2, 0) is 14.3 Å². The third-order valence-electron chi connectivity index (χ3n) is 4.87. The van der Waals surface area contributed by atoms with E-state index in [-0.39, 0.29) is 18.7 Å². The van der Waals surface area contributed by atoms with Gasteiger partial charge < -0.3 is 20.1 Å². The van der Waals surface area contributed by atoms with Gasteiger partial charge in [0.2, 0.25) is 5.91 Å². The molecule has 2 N–H and O–H groups in total. The van der Waals surface area contributed by atoms with Gasteiger partial charge in [-0.25, -0.2) is 9.59 Å². The number of halogens is 1. The summed E-state index contributed by atoms with van der Waals surface area (Å²) in [5.41, 5.74) is 1.74. The van der Waals surface area contributed by atoms with E-state index in [0.29, 0.717) is 27.7 Å². The van der Waals surface area contributed by atoms with Crippen LogP contribution >= 0.6 is 11.6 Å². The van der Waals surface area contributed by atoms with Gasteiger partial charge in [0.05, 0.1) is 24.4 Å². The SMILES string of the molecule is COc1cccc(NC(=O)CN2C(=O)N[C@H](c3ccccc3Cl)C3=C2COC3=O)c1. The van der Waals surface area contributed by atoms with Crippen LogP contribution in [0.1, 0.15) is 11.6 Å². The van der Waals surface area contributed by atoms with E-state index in [9.17, 15) is 14.4 Å². The Morgan fingerprint density at radius 2 is 2.07 bits per heavy atom. The number of urea groups is 1. The second-order valence-corrected chi connectivity index (χ2v) is 7.11. The molecule has 1 atom stereocenters. The van der Waals surface area contributed by atoms with Crippen molar-refractivity contribution in [3.05, 3.63) is 70.4 Å². The highest BCUT2D eigenvalue weighted by Gasteiger charge is 2.43. The fourth-order valence-corrected chi connectivity index (χ4v) is 3.71. The smallest absolute Gasteiger partial charge is 0.338 e. The van der Waals surface area contributed by atoms with Crippen LogP contribution in [0.4, 0.5) is 10.5 Å². The van der Waals surface area contributed by atoms with Gasteiger partial charge in [0, 0.05) is 16.8 Å². The van der Waals surface area contributed by atoms with E-state index in [1.807, 2.05) is 0 Å². The minimum atomic E-state index is -0.742. The lowest BCUT2D eigenvalue weighted by atomic mass is 9.95. The summed E-state index contributed by atoms with van der Waals surface area (Å²) in [7, 11) is 1.53. The molecule has 0 unspecified atom stereocenters. The van der Waals surface area contributed by atoms with E-state index in [0.717, 1.165) is 0 Å². The van der Waals surface area contributed by atoms with Crippen LogP contribution in [0, 0.1) is 0 Å². The number of carbonyl (C=O) groups excluding carboxylic acids is 3. The van der Waals surface area contributed by atoms with Crippen molar-refractivity contribution in [1.29, 1.82) is 0 Å². The number of nitrogens with one attached hydrogen (secondary N) is 2. The summed E-state index contributed by atoms with van der Waals surface area (Å²) >= 11 is 6.27. The van der Waals surface area contributed by atoms with Gasteiger partial charge in [0.1, 0.15) is 18.9 Å². The van der Waals surface area contributed by atoms with Crippen molar-refractivity contribution in [1.82, 2.24) is 10.2 Å². The molecule has 2 aromatic carbocycles. The molecule has 0 spiro atoms. The highest BCUT2D eigenvalue weighted by molar-refractivity contribution is 6.31. The molecule has 8 nitrogen and oxygen atoms in total. The summed E-state index contributed by atoms with van der Waals surface area (Å²) in [5, 5.41) is 5.89. The molecule has 9 heteroatoms. The predicted octanol–water partition coefficient (Wildman–Crippen LogP) is 2.86. The minimum absolute atomic E-state index is 0.0883. The number of anilines is 1. The summed E-state index contributed by atoms with van der Waals surface area (Å²) in [6.45, 7) is -0.372. The third kappa shape index (κ3) is 3.69. The number of rotatable bonds is 5. The summed E-state index contributed by atoms with van der Waals surface area (Å²) in [5.74, 6) is -0.389. The fraction of sp³-hybridized carbons (Fsp3) is 0.190. The standard InChI is InChI=1S/C21H18ClN3O5/c1-29-13-6-4-5-12(9-13)23-17(26)10-25-16-11-30-20(27)18(16)19(24-21(25)28)14-7-2-3-8-15(14)22/h2-9,19H,10-11H2,1H3,(H,23,26)(H,24,28)/t19-/m1/s1. The number of esters is 1. The number of methoxy groups -OCH3 is 1. The van der Waals surface area contributed by atoms with Crippen molar-refractivity contribution in [3.8, 4) is 5.75 Å². The highest BCUT2D eigenvalue weighted by Crippen LogP contribution is 2.37. The van der Waals surface area contributed by atoms with Crippen LogP contribution in [0.25, 0.3) is 0 Å². The second-order valence-electron chi connectivity index (χ2n) is 6.71. The molecule has 0 aliphatic carbocycles. The normalized spacial score (nSPS) is 17.9. The van der Waals surface area contributed by atoms with Gasteiger partial charge in [-0.1, -0.05) is 35.9 Å². The molecular weight excluding hydrogens is 410 g/mol. The molecule has 0 aromatic heterocycles. The Hall–Kier alpha value is -3.52. The van der Waals surface area contributed by atoms with Crippen molar-refractivity contribution in [2.75, 3.05) is 25.6 Å². The van der Waals surface area contributed by atoms with Gasteiger partial charge in [-0.15, -0.1) is 0 Å². The average Bonchev–Trinajstić information content (AvgIpc) is 3.12. The highest BCUT2D eigenvalue weighted by atomic mass is 35.5. The lowest BCUT2D eigenvalue weighted by molar-refractivity contribution is -0.136. The summed E-state index contributed by atoms with van der Waals surface area (Å²) in [6.07, 6.45) is 0.